The van der Waals surface area contributed by atoms with E-state index in [1.54, 1.807) is 36.7 Å². The highest BCUT2D eigenvalue weighted by atomic mass is 32.1. The highest BCUT2D eigenvalue weighted by molar-refractivity contribution is 7.14. The van der Waals surface area contributed by atoms with Gasteiger partial charge in [-0.25, -0.2) is 9.37 Å². The van der Waals surface area contributed by atoms with Crippen molar-refractivity contribution in [3.8, 4) is 22.8 Å². The van der Waals surface area contributed by atoms with Crippen LogP contribution in [0, 0.1) is 19.7 Å². The van der Waals surface area contributed by atoms with Gasteiger partial charge in [-0.05, 0) is 73.5 Å². The van der Waals surface area contributed by atoms with Gasteiger partial charge in [-0.15, -0.1) is 11.3 Å². The Balaban J connectivity index is 1.53. The summed E-state index contributed by atoms with van der Waals surface area (Å²) in [6, 6.07) is 13.2. The number of halogens is 1. The molecule has 0 bridgehead atoms. The van der Waals surface area contributed by atoms with Crippen molar-refractivity contribution in [3.63, 3.8) is 0 Å². The van der Waals surface area contributed by atoms with E-state index >= 15 is 0 Å². The minimum Gasteiger partial charge on any atom is -0.457 e. The van der Waals surface area contributed by atoms with Gasteiger partial charge in [-0.3, -0.25) is 15.1 Å². The molecule has 0 spiro atoms. The first-order valence-electron chi connectivity index (χ1n) is 9.21. The maximum Gasteiger partial charge on any atom is 0.257 e. The molecule has 4 rings (SSSR count). The van der Waals surface area contributed by atoms with Crippen LogP contribution in [0.2, 0.25) is 0 Å². The topological polar surface area (TPSA) is 64.1 Å². The van der Waals surface area contributed by atoms with Gasteiger partial charge in [0.2, 0.25) is 0 Å². The maximum atomic E-state index is 13.1. The lowest BCUT2D eigenvalue weighted by molar-refractivity contribution is 0.102. The van der Waals surface area contributed by atoms with Crippen LogP contribution in [-0.2, 0) is 0 Å². The highest BCUT2D eigenvalue weighted by Gasteiger charge is 2.13. The maximum absolute atomic E-state index is 13.1. The molecule has 0 saturated heterocycles. The summed E-state index contributed by atoms with van der Waals surface area (Å²) in [5.74, 6) is 0.770. The number of benzene rings is 2. The SMILES string of the molecule is Cc1cc(-c2csc(NC(=O)c3ccncc3)n2)cc(C)c1Oc1ccc(F)cc1. The molecule has 0 aliphatic rings. The lowest BCUT2D eigenvalue weighted by Gasteiger charge is -2.13. The molecule has 1 N–H and O–H groups in total. The van der Waals surface area contributed by atoms with E-state index in [4.69, 9.17) is 4.74 Å². The van der Waals surface area contributed by atoms with Crippen LogP contribution < -0.4 is 10.1 Å². The van der Waals surface area contributed by atoms with E-state index in [2.05, 4.69) is 15.3 Å². The third-order valence-corrected chi connectivity index (χ3v) is 5.21. The van der Waals surface area contributed by atoms with E-state index in [0.717, 1.165) is 28.1 Å². The number of pyridine rings is 1. The number of hydrogen-bond acceptors (Lipinski definition) is 5. The summed E-state index contributed by atoms with van der Waals surface area (Å²) in [5.41, 5.74) is 4.09. The van der Waals surface area contributed by atoms with Crippen LogP contribution in [0.5, 0.6) is 11.5 Å². The number of hydrogen-bond donors (Lipinski definition) is 1. The van der Waals surface area contributed by atoms with Crippen LogP contribution in [-0.4, -0.2) is 15.9 Å². The number of anilines is 1. The first-order valence-corrected chi connectivity index (χ1v) is 10.1. The van der Waals surface area contributed by atoms with Crippen molar-refractivity contribution in [2.24, 2.45) is 0 Å². The molecule has 0 aliphatic carbocycles. The molecule has 0 atom stereocenters. The number of amides is 1. The van der Waals surface area contributed by atoms with Crippen molar-refractivity contribution in [3.05, 3.63) is 88.8 Å². The zero-order chi connectivity index (χ0) is 21.1. The number of carbonyl (C=O) groups excluding carboxylic acids is 1. The van der Waals surface area contributed by atoms with Crippen molar-refractivity contribution in [2.45, 2.75) is 13.8 Å². The van der Waals surface area contributed by atoms with Gasteiger partial charge >= 0.3 is 0 Å². The monoisotopic (exact) mass is 419 g/mol. The zero-order valence-electron chi connectivity index (χ0n) is 16.3. The molecule has 1 amide bonds. The van der Waals surface area contributed by atoms with Crippen LogP contribution in [0.25, 0.3) is 11.3 Å². The third kappa shape index (κ3) is 4.36. The summed E-state index contributed by atoms with van der Waals surface area (Å²) in [4.78, 5) is 20.7. The predicted molar refractivity (Wildman–Crippen MR) is 116 cm³/mol. The van der Waals surface area contributed by atoms with E-state index in [9.17, 15) is 9.18 Å². The average molecular weight is 419 g/mol. The number of rotatable bonds is 5. The van der Waals surface area contributed by atoms with Crippen molar-refractivity contribution < 1.29 is 13.9 Å². The summed E-state index contributed by atoms with van der Waals surface area (Å²) >= 11 is 1.36. The molecule has 150 valence electrons. The van der Waals surface area contributed by atoms with Crippen LogP contribution >= 0.6 is 11.3 Å². The van der Waals surface area contributed by atoms with Crippen molar-refractivity contribution >= 4 is 22.4 Å². The molecule has 30 heavy (non-hydrogen) atoms. The molecular weight excluding hydrogens is 401 g/mol. The average Bonchev–Trinajstić information content (AvgIpc) is 3.21. The second kappa shape index (κ2) is 8.42. The van der Waals surface area contributed by atoms with Crippen molar-refractivity contribution in [1.82, 2.24) is 9.97 Å². The van der Waals surface area contributed by atoms with Gasteiger partial charge in [0.25, 0.3) is 5.91 Å². The van der Waals surface area contributed by atoms with Crippen molar-refractivity contribution in [1.29, 1.82) is 0 Å². The van der Waals surface area contributed by atoms with Gasteiger partial charge in [-0.2, -0.15) is 0 Å². The first kappa shape index (κ1) is 19.7. The largest absolute Gasteiger partial charge is 0.457 e. The number of carbonyl (C=O) groups is 1. The minimum absolute atomic E-state index is 0.228. The zero-order valence-corrected chi connectivity index (χ0v) is 17.2. The second-order valence-electron chi connectivity index (χ2n) is 6.72. The number of aryl methyl sites for hydroxylation is 2. The Hall–Kier alpha value is -3.58. The summed E-state index contributed by atoms with van der Waals surface area (Å²) in [7, 11) is 0. The number of ether oxygens (including phenoxy) is 1. The van der Waals surface area contributed by atoms with Crippen LogP contribution in [0.1, 0.15) is 21.5 Å². The summed E-state index contributed by atoms with van der Waals surface area (Å²) < 4.78 is 19.1. The number of aromatic nitrogens is 2. The van der Waals surface area contributed by atoms with Gasteiger partial charge in [0, 0.05) is 28.9 Å². The minimum atomic E-state index is -0.304. The van der Waals surface area contributed by atoms with Gasteiger partial charge in [0.05, 0.1) is 5.69 Å². The standard InChI is InChI=1S/C23H18FN3O2S/c1-14-11-17(12-15(2)21(14)29-19-5-3-18(24)4-6-19)20-13-30-23(26-20)27-22(28)16-7-9-25-10-8-16/h3-13H,1-2H3,(H,26,27,28). The van der Waals surface area contributed by atoms with E-state index in [1.807, 2.05) is 31.4 Å². The van der Waals surface area contributed by atoms with E-state index in [0.29, 0.717) is 16.4 Å². The van der Waals surface area contributed by atoms with Gasteiger partial charge in [-0.1, -0.05) is 0 Å². The summed E-state index contributed by atoms with van der Waals surface area (Å²) in [5, 5.41) is 5.23. The quantitative estimate of drug-likeness (QED) is 0.431. The molecule has 0 unspecified atom stereocenters. The Morgan fingerprint density at radius 3 is 2.37 bits per heavy atom. The van der Waals surface area contributed by atoms with E-state index in [1.165, 1.54) is 23.5 Å². The van der Waals surface area contributed by atoms with Crippen LogP contribution in [0.3, 0.4) is 0 Å². The summed E-state index contributed by atoms with van der Waals surface area (Å²) in [6.45, 7) is 3.90. The Bertz CT molecular complexity index is 1170. The van der Waals surface area contributed by atoms with E-state index in [-0.39, 0.29) is 11.7 Å². The molecule has 4 aromatic rings. The molecule has 0 fully saturated rings. The van der Waals surface area contributed by atoms with E-state index < -0.39 is 0 Å². The molecule has 2 aromatic carbocycles. The smallest absolute Gasteiger partial charge is 0.257 e. The molecule has 7 heteroatoms. The molecule has 0 radical (unpaired) electrons. The molecule has 5 nitrogen and oxygen atoms in total. The Morgan fingerprint density at radius 1 is 1.03 bits per heavy atom. The fraction of sp³-hybridized carbons (Fsp3) is 0.0870. The van der Waals surface area contributed by atoms with Crippen molar-refractivity contribution in [2.75, 3.05) is 5.32 Å². The molecule has 0 saturated carbocycles. The van der Waals surface area contributed by atoms with Gasteiger partial charge in [0.1, 0.15) is 17.3 Å². The van der Waals surface area contributed by atoms with Crippen LogP contribution in [0.15, 0.2) is 66.3 Å². The Morgan fingerprint density at radius 2 is 1.70 bits per heavy atom. The Kier molecular flexibility index (Phi) is 5.54. The fourth-order valence-electron chi connectivity index (χ4n) is 3.02. The number of nitrogens with zero attached hydrogens (tertiary/aromatic N) is 2. The van der Waals surface area contributed by atoms with Crippen LogP contribution in [0.4, 0.5) is 9.52 Å². The first-order chi connectivity index (χ1) is 14.5. The Labute approximate surface area is 177 Å². The molecule has 0 aliphatic heterocycles. The van der Waals surface area contributed by atoms with Gasteiger partial charge < -0.3 is 4.74 Å². The number of nitrogens with one attached hydrogen (secondary N) is 1. The lowest BCUT2D eigenvalue weighted by Crippen LogP contribution is -2.11. The molecule has 2 heterocycles. The molecular formula is C23H18FN3O2S. The predicted octanol–water partition coefficient (Wildman–Crippen LogP) is 6.01. The fourth-order valence-corrected chi connectivity index (χ4v) is 3.73. The summed E-state index contributed by atoms with van der Waals surface area (Å²) in [6.07, 6.45) is 3.15. The lowest BCUT2D eigenvalue weighted by atomic mass is 10.0. The number of thiazole rings is 1. The van der Waals surface area contributed by atoms with Gasteiger partial charge in [0.15, 0.2) is 5.13 Å². The third-order valence-electron chi connectivity index (χ3n) is 4.46. The second-order valence-corrected chi connectivity index (χ2v) is 7.58. The highest BCUT2D eigenvalue weighted by Crippen LogP contribution is 2.34. The molecule has 2 aromatic heterocycles. The normalized spacial score (nSPS) is 10.6.